The summed E-state index contributed by atoms with van der Waals surface area (Å²) in [5.74, 6) is 0.504. The van der Waals surface area contributed by atoms with Crippen LogP contribution in [0.5, 0.6) is 5.75 Å². The molecule has 0 aromatic heterocycles. The van der Waals surface area contributed by atoms with Crippen LogP contribution in [-0.2, 0) is 17.8 Å². The van der Waals surface area contributed by atoms with Crippen molar-refractivity contribution >= 4 is 24.4 Å². The highest BCUT2D eigenvalue weighted by molar-refractivity contribution is 5.85. The summed E-state index contributed by atoms with van der Waals surface area (Å²) >= 11 is 0. The number of benzene rings is 2. The minimum absolute atomic E-state index is 0. The Morgan fingerprint density at radius 2 is 1.68 bits per heavy atom. The molecule has 1 saturated heterocycles. The highest BCUT2D eigenvalue weighted by Crippen LogP contribution is 2.15. The summed E-state index contributed by atoms with van der Waals surface area (Å²) in [5.41, 5.74) is 2.23. The standard InChI is InChI=1S/C24H31N3O3.ClH/c1-2-14-25-24(29)30-22-10-8-19(9-11-22)17-23(28)26-21-12-15-27(16-13-21)18-20-6-4-3-5-7-20;/h3-11,21H,2,12-18H2,1H3,(H,25,29)(H,26,28);1H. The summed E-state index contributed by atoms with van der Waals surface area (Å²) in [6.07, 6.45) is 2.67. The molecule has 0 atom stereocenters. The zero-order valence-electron chi connectivity index (χ0n) is 18.0. The minimum atomic E-state index is -0.457. The van der Waals surface area contributed by atoms with Gasteiger partial charge in [0, 0.05) is 32.2 Å². The number of carbonyl (C=O) groups excluding carboxylic acids is 2. The number of carbonyl (C=O) groups is 2. The van der Waals surface area contributed by atoms with Gasteiger partial charge in [-0.2, -0.15) is 0 Å². The van der Waals surface area contributed by atoms with Crippen LogP contribution in [0, 0.1) is 0 Å². The predicted molar refractivity (Wildman–Crippen MR) is 125 cm³/mol. The lowest BCUT2D eigenvalue weighted by Crippen LogP contribution is -2.44. The van der Waals surface area contributed by atoms with Crippen LogP contribution >= 0.6 is 12.4 Å². The van der Waals surface area contributed by atoms with Gasteiger partial charge in [-0.1, -0.05) is 49.4 Å². The first-order valence-electron chi connectivity index (χ1n) is 10.7. The van der Waals surface area contributed by atoms with Gasteiger partial charge in [-0.3, -0.25) is 9.69 Å². The van der Waals surface area contributed by atoms with Crippen LogP contribution in [-0.4, -0.2) is 42.6 Å². The van der Waals surface area contributed by atoms with Crippen molar-refractivity contribution in [2.75, 3.05) is 19.6 Å². The third-order valence-electron chi connectivity index (χ3n) is 5.22. The van der Waals surface area contributed by atoms with E-state index in [-0.39, 0.29) is 24.4 Å². The second kappa shape index (κ2) is 13.0. The first-order chi connectivity index (χ1) is 14.6. The monoisotopic (exact) mass is 445 g/mol. The maximum Gasteiger partial charge on any atom is 0.412 e. The van der Waals surface area contributed by atoms with Crippen molar-refractivity contribution in [3.8, 4) is 5.75 Å². The van der Waals surface area contributed by atoms with Gasteiger partial charge in [-0.15, -0.1) is 12.4 Å². The molecule has 0 bridgehead atoms. The van der Waals surface area contributed by atoms with Crippen molar-refractivity contribution in [1.29, 1.82) is 0 Å². The van der Waals surface area contributed by atoms with Gasteiger partial charge in [0.15, 0.2) is 0 Å². The highest BCUT2D eigenvalue weighted by atomic mass is 35.5. The number of piperidine rings is 1. The highest BCUT2D eigenvalue weighted by Gasteiger charge is 2.20. The maximum atomic E-state index is 12.4. The molecule has 1 heterocycles. The summed E-state index contributed by atoms with van der Waals surface area (Å²) in [4.78, 5) is 26.4. The summed E-state index contributed by atoms with van der Waals surface area (Å²) in [5, 5.41) is 5.82. The Balaban J connectivity index is 0.00000341. The molecule has 2 amide bonds. The van der Waals surface area contributed by atoms with Gasteiger partial charge < -0.3 is 15.4 Å². The van der Waals surface area contributed by atoms with Crippen LogP contribution in [0.2, 0.25) is 0 Å². The molecule has 1 aliphatic rings. The van der Waals surface area contributed by atoms with Gasteiger partial charge in [0.25, 0.3) is 0 Å². The van der Waals surface area contributed by atoms with E-state index in [4.69, 9.17) is 4.74 Å². The van der Waals surface area contributed by atoms with Crippen LogP contribution < -0.4 is 15.4 Å². The number of ether oxygens (including phenoxy) is 1. The normalized spacial score (nSPS) is 14.4. The molecule has 6 nitrogen and oxygen atoms in total. The quantitative estimate of drug-likeness (QED) is 0.645. The Hall–Kier alpha value is -2.57. The fourth-order valence-corrected chi connectivity index (χ4v) is 3.59. The van der Waals surface area contributed by atoms with Crippen LogP contribution in [0.15, 0.2) is 54.6 Å². The molecule has 2 N–H and O–H groups in total. The molecule has 0 radical (unpaired) electrons. The van der Waals surface area contributed by atoms with Crippen LogP contribution in [0.1, 0.15) is 37.3 Å². The predicted octanol–water partition coefficient (Wildman–Crippen LogP) is 3.93. The number of likely N-dealkylation sites (tertiary alicyclic amines) is 1. The van der Waals surface area contributed by atoms with E-state index in [9.17, 15) is 9.59 Å². The molecule has 31 heavy (non-hydrogen) atoms. The Morgan fingerprint density at radius 3 is 2.32 bits per heavy atom. The number of hydrogen-bond acceptors (Lipinski definition) is 4. The van der Waals surface area contributed by atoms with Crippen molar-refractivity contribution < 1.29 is 14.3 Å². The van der Waals surface area contributed by atoms with Gasteiger partial charge in [0.2, 0.25) is 5.91 Å². The van der Waals surface area contributed by atoms with Crippen molar-refractivity contribution in [2.45, 2.75) is 45.2 Å². The second-order valence-corrected chi connectivity index (χ2v) is 7.74. The number of hydrogen-bond donors (Lipinski definition) is 2. The van der Waals surface area contributed by atoms with E-state index in [1.54, 1.807) is 12.1 Å². The summed E-state index contributed by atoms with van der Waals surface area (Å²) in [6, 6.07) is 17.8. The van der Waals surface area contributed by atoms with E-state index in [1.807, 2.05) is 25.1 Å². The number of halogens is 1. The van der Waals surface area contributed by atoms with Gasteiger partial charge in [0.05, 0.1) is 6.42 Å². The van der Waals surface area contributed by atoms with E-state index in [0.717, 1.165) is 44.5 Å². The van der Waals surface area contributed by atoms with Crippen LogP contribution in [0.3, 0.4) is 0 Å². The minimum Gasteiger partial charge on any atom is -0.410 e. The molecular formula is C24H32ClN3O3. The molecule has 0 unspecified atom stereocenters. The molecule has 168 valence electrons. The Kier molecular flexibility index (Phi) is 10.3. The average molecular weight is 446 g/mol. The molecule has 2 aromatic carbocycles. The first kappa shape index (κ1) is 24.7. The van der Waals surface area contributed by atoms with Gasteiger partial charge in [0.1, 0.15) is 5.75 Å². The fraction of sp³-hybridized carbons (Fsp3) is 0.417. The lowest BCUT2D eigenvalue weighted by atomic mass is 10.0. The fourth-order valence-electron chi connectivity index (χ4n) is 3.59. The number of rotatable bonds is 8. The molecule has 1 fully saturated rings. The SMILES string of the molecule is CCCNC(=O)Oc1ccc(CC(=O)NC2CCN(Cc3ccccc3)CC2)cc1.Cl. The zero-order valence-corrected chi connectivity index (χ0v) is 18.8. The van der Waals surface area contributed by atoms with Gasteiger partial charge >= 0.3 is 6.09 Å². The second-order valence-electron chi connectivity index (χ2n) is 7.74. The van der Waals surface area contributed by atoms with Gasteiger partial charge in [-0.25, -0.2) is 4.79 Å². The molecule has 3 rings (SSSR count). The Labute approximate surface area is 190 Å². The van der Waals surface area contributed by atoms with Gasteiger partial charge in [-0.05, 0) is 42.5 Å². The van der Waals surface area contributed by atoms with Crippen molar-refractivity contribution in [1.82, 2.24) is 15.5 Å². The van der Waals surface area contributed by atoms with E-state index in [1.165, 1.54) is 5.56 Å². The lowest BCUT2D eigenvalue weighted by molar-refractivity contribution is -0.121. The average Bonchev–Trinajstić information content (AvgIpc) is 2.76. The third kappa shape index (κ3) is 8.59. The molecule has 0 aliphatic carbocycles. The topological polar surface area (TPSA) is 70.7 Å². The summed E-state index contributed by atoms with van der Waals surface area (Å²) in [7, 11) is 0. The molecule has 0 saturated carbocycles. The van der Waals surface area contributed by atoms with Crippen molar-refractivity contribution in [2.24, 2.45) is 0 Å². The lowest BCUT2D eigenvalue weighted by Gasteiger charge is -2.32. The zero-order chi connectivity index (χ0) is 21.2. The summed E-state index contributed by atoms with van der Waals surface area (Å²) in [6.45, 7) is 5.51. The molecule has 0 spiro atoms. The first-order valence-corrected chi connectivity index (χ1v) is 10.7. The molecule has 7 heteroatoms. The smallest absolute Gasteiger partial charge is 0.410 e. The maximum absolute atomic E-state index is 12.4. The summed E-state index contributed by atoms with van der Waals surface area (Å²) < 4.78 is 5.20. The largest absolute Gasteiger partial charge is 0.412 e. The number of nitrogens with one attached hydrogen (secondary N) is 2. The van der Waals surface area contributed by atoms with E-state index in [0.29, 0.717) is 18.7 Å². The van der Waals surface area contributed by atoms with Crippen LogP contribution in [0.4, 0.5) is 4.79 Å². The molecule has 2 aromatic rings. The van der Waals surface area contributed by atoms with Crippen LogP contribution in [0.25, 0.3) is 0 Å². The van der Waals surface area contributed by atoms with E-state index in [2.05, 4.69) is 39.8 Å². The van der Waals surface area contributed by atoms with Crippen molar-refractivity contribution in [3.05, 3.63) is 65.7 Å². The van der Waals surface area contributed by atoms with Crippen molar-refractivity contribution in [3.63, 3.8) is 0 Å². The third-order valence-corrected chi connectivity index (χ3v) is 5.22. The molecular weight excluding hydrogens is 414 g/mol. The van der Waals surface area contributed by atoms with E-state index >= 15 is 0 Å². The molecule has 1 aliphatic heterocycles. The number of amides is 2. The Bertz CT molecular complexity index is 807. The Morgan fingerprint density at radius 1 is 1.00 bits per heavy atom. The van der Waals surface area contributed by atoms with E-state index < -0.39 is 6.09 Å². The number of nitrogens with zero attached hydrogens (tertiary/aromatic N) is 1.